The Kier molecular flexibility index (Phi) is 6.12. The fourth-order valence-corrected chi connectivity index (χ4v) is 2.84. The molecule has 0 aliphatic carbocycles. The van der Waals surface area contributed by atoms with E-state index in [0.29, 0.717) is 0 Å². The van der Waals surface area contributed by atoms with Crippen molar-refractivity contribution in [3.05, 3.63) is 58.3 Å². The number of benzene rings is 1. The zero-order valence-electron chi connectivity index (χ0n) is 12.3. The molecule has 2 aromatic rings. The molecule has 1 atom stereocenters. The molecule has 1 heterocycles. The number of nitrogens with one attached hydrogen (secondary N) is 3. The standard InChI is InChI=1S/C16H19N3O2S/c1-17-14(20)10-18-15(21)11-19-16(13-8-5-9-22-13)12-6-3-2-4-7-12/h2-9,16,19H,10-11H2,1H3,(H,17,20)(H,18,21)/t16-/m0/s1. The second-order valence-corrected chi connectivity index (χ2v) is 5.67. The third-order valence-corrected chi connectivity index (χ3v) is 4.09. The van der Waals surface area contributed by atoms with Gasteiger partial charge in [0.05, 0.1) is 19.1 Å². The molecule has 6 heteroatoms. The van der Waals surface area contributed by atoms with E-state index < -0.39 is 0 Å². The van der Waals surface area contributed by atoms with Gasteiger partial charge in [-0.05, 0) is 17.0 Å². The van der Waals surface area contributed by atoms with E-state index in [4.69, 9.17) is 0 Å². The van der Waals surface area contributed by atoms with Gasteiger partial charge in [0.25, 0.3) is 0 Å². The second-order valence-electron chi connectivity index (χ2n) is 4.69. The largest absolute Gasteiger partial charge is 0.358 e. The minimum atomic E-state index is -0.216. The van der Waals surface area contributed by atoms with E-state index in [0.717, 1.165) is 10.4 Å². The Balaban J connectivity index is 1.97. The minimum absolute atomic E-state index is 0.00792. The first-order chi connectivity index (χ1) is 10.7. The van der Waals surface area contributed by atoms with Gasteiger partial charge in [-0.2, -0.15) is 0 Å². The molecule has 1 aromatic heterocycles. The van der Waals surface area contributed by atoms with Gasteiger partial charge in [-0.1, -0.05) is 36.4 Å². The Morgan fingerprint density at radius 3 is 2.45 bits per heavy atom. The molecule has 3 N–H and O–H groups in total. The van der Waals surface area contributed by atoms with Gasteiger partial charge in [0.1, 0.15) is 0 Å². The summed E-state index contributed by atoms with van der Waals surface area (Å²) >= 11 is 1.64. The van der Waals surface area contributed by atoms with Crippen LogP contribution in [0.4, 0.5) is 0 Å². The number of hydrogen-bond acceptors (Lipinski definition) is 4. The van der Waals surface area contributed by atoms with Crippen LogP contribution >= 0.6 is 11.3 Å². The fraction of sp³-hybridized carbons (Fsp3) is 0.250. The number of thiophene rings is 1. The first-order valence-electron chi connectivity index (χ1n) is 6.99. The summed E-state index contributed by atoms with van der Waals surface area (Å²) in [5, 5.41) is 10.3. The Morgan fingerprint density at radius 1 is 1.05 bits per heavy atom. The highest BCUT2D eigenvalue weighted by Gasteiger charge is 2.15. The van der Waals surface area contributed by atoms with Crippen molar-refractivity contribution in [1.82, 2.24) is 16.0 Å². The molecule has 0 unspecified atom stereocenters. The monoisotopic (exact) mass is 317 g/mol. The van der Waals surface area contributed by atoms with Crippen LogP contribution in [0.1, 0.15) is 16.5 Å². The summed E-state index contributed by atoms with van der Waals surface area (Å²) < 4.78 is 0. The highest BCUT2D eigenvalue weighted by atomic mass is 32.1. The molecular weight excluding hydrogens is 298 g/mol. The molecule has 0 spiro atoms. The van der Waals surface area contributed by atoms with Gasteiger partial charge < -0.3 is 10.6 Å². The molecule has 2 rings (SSSR count). The SMILES string of the molecule is CNC(=O)CNC(=O)CN[C@@H](c1ccccc1)c1cccs1. The Labute approximate surface area is 133 Å². The second kappa shape index (κ2) is 8.31. The molecule has 1 aromatic carbocycles. The first-order valence-corrected chi connectivity index (χ1v) is 7.87. The van der Waals surface area contributed by atoms with Crippen molar-refractivity contribution < 1.29 is 9.59 Å². The van der Waals surface area contributed by atoms with E-state index in [1.54, 1.807) is 11.3 Å². The Bertz CT molecular complexity index is 599. The summed E-state index contributed by atoms with van der Waals surface area (Å²) in [5.74, 6) is -0.424. The summed E-state index contributed by atoms with van der Waals surface area (Å²) in [6.45, 7) is 0.139. The van der Waals surface area contributed by atoms with E-state index in [1.807, 2.05) is 47.8 Å². The lowest BCUT2D eigenvalue weighted by Gasteiger charge is -2.17. The number of carbonyl (C=O) groups is 2. The van der Waals surface area contributed by atoms with Crippen molar-refractivity contribution in [3.63, 3.8) is 0 Å². The van der Waals surface area contributed by atoms with E-state index in [1.165, 1.54) is 7.05 Å². The van der Waals surface area contributed by atoms with Crippen LogP contribution in [0.5, 0.6) is 0 Å². The summed E-state index contributed by atoms with van der Waals surface area (Å²) in [7, 11) is 1.54. The normalized spacial score (nSPS) is 11.7. The average Bonchev–Trinajstić information content (AvgIpc) is 3.08. The maximum absolute atomic E-state index is 11.8. The van der Waals surface area contributed by atoms with Crippen LogP contribution < -0.4 is 16.0 Å². The number of likely N-dealkylation sites (N-methyl/N-ethyl adjacent to an activating group) is 1. The van der Waals surface area contributed by atoms with Crippen molar-refractivity contribution in [2.45, 2.75) is 6.04 Å². The van der Waals surface area contributed by atoms with Gasteiger partial charge in [0.2, 0.25) is 11.8 Å². The van der Waals surface area contributed by atoms with Crippen molar-refractivity contribution in [2.24, 2.45) is 0 Å². The summed E-state index contributed by atoms with van der Waals surface area (Å²) in [5.41, 5.74) is 1.10. The van der Waals surface area contributed by atoms with E-state index in [-0.39, 0.29) is 30.9 Å². The molecule has 0 saturated heterocycles. The maximum atomic E-state index is 11.8. The van der Waals surface area contributed by atoms with Crippen molar-refractivity contribution in [2.75, 3.05) is 20.1 Å². The number of hydrogen-bond donors (Lipinski definition) is 3. The topological polar surface area (TPSA) is 70.2 Å². The van der Waals surface area contributed by atoms with Gasteiger partial charge in [-0.25, -0.2) is 0 Å². The van der Waals surface area contributed by atoms with Gasteiger partial charge >= 0.3 is 0 Å². The zero-order valence-corrected chi connectivity index (χ0v) is 13.2. The molecule has 0 aliphatic heterocycles. The minimum Gasteiger partial charge on any atom is -0.358 e. The summed E-state index contributed by atoms with van der Waals surface area (Å²) in [4.78, 5) is 24.1. The van der Waals surface area contributed by atoms with Gasteiger partial charge in [-0.15, -0.1) is 11.3 Å². The van der Waals surface area contributed by atoms with Crippen LogP contribution in [0.25, 0.3) is 0 Å². The quantitative estimate of drug-likeness (QED) is 0.721. The highest BCUT2D eigenvalue weighted by Crippen LogP contribution is 2.25. The molecule has 116 valence electrons. The third kappa shape index (κ3) is 4.68. The Morgan fingerprint density at radius 2 is 1.82 bits per heavy atom. The molecule has 0 radical (unpaired) electrons. The van der Waals surface area contributed by atoms with Gasteiger partial charge in [0, 0.05) is 11.9 Å². The van der Waals surface area contributed by atoms with Crippen molar-refractivity contribution in [1.29, 1.82) is 0 Å². The molecule has 0 saturated carbocycles. The molecule has 5 nitrogen and oxygen atoms in total. The summed E-state index contributed by atoms with van der Waals surface area (Å²) in [6.07, 6.45) is 0. The average molecular weight is 317 g/mol. The fourth-order valence-electron chi connectivity index (χ4n) is 2.01. The molecule has 2 amide bonds. The van der Waals surface area contributed by atoms with Crippen LogP contribution in [0.15, 0.2) is 47.8 Å². The summed E-state index contributed by atoms with van der Waals surface area (Å²) in [6, 6.07) is 14.0. The lowest BCUT2D eigenvalue weighted by Crippen LogP contribution is -2.40. The molecule has 22 heavy (non-hydrogen) atoms. The first kappa shape index (κ1) is 16.2. The highest BCUT2D eigenvalue weighted by molar-refractivity contribution is 7.10. The predicted molar refractivity (Wildman–Crippen MR) is 87.7 cm³/mol. The van der Waals surface area contributed by atoms with Crippen LogP contribution in [0.2, 0.25) is 0 Å². The van der Waals surface area contributed by atoms with E-state index in [2.05, 4.69) is 16.0 Å². The lowest BCUT2D eigenvalue weighted by molar-refractivity contribution is -0.125. The third-order valence-electron chi connectivity index (χ3n) is 3.15. The van der Waals surface area contributed by atoms with Crippen LogP contribution in [-0.2, 0) is 9.59 Å². The lowest BCUT2D eigenvalue weighted by atomic mass is 10.1. The van der Waals surface area contributed by atoms with Gasteiger partial charge in [-0.3, -0.25) is 14.9 Å². The predicted octanol–water partition coefficient (Wildman–Crippen LogP) is 1.29. The van der Waals surface area contributed by atoms with Crippen molar-refractivity contribution in [3.8, 4) is 0 Å². The van der Waals surface area contributed by atoms with E-state index in [9.17, 15) is 9.59 Å². The molecule has 0 aliphatic rings. The smallest absolute Gasteiger partial charge is 0.239 e. The van der Waals surface area contributed by atoms with E-state index >= 15 is 0 Å². The number of amides is 2. The Hall–Kier alpha value is -2.18. The van der Waals surface area contributed by atoms with Gasteiger partial charge in [0.15, 0.2) is 0 Å². The molecule has 0 fully saturated rings. The van der Waals surface area contributed by atoms with Crippen LogP contribution in [-0.4, -0.2) is 32.0 Å². The van der Waals surface area contributed by atoms with Crippen molar-refractivity contribution >= 4 is 23.2 Å². The number of carbonyl (C=O) groups excluding carboxylic acids is 2. The van der Waals surface area contributed by atoms with Crippen LogP contribution in [0, 0.1) is 0 Å². The van der Waals surface area contributed by atoms with Crippen LogP contribution in [0.3, 0.4) is 0 Å². The maximum Gasteiger partial charge on any atom is 0.239 e. The molecule has 0 bridgehead atoms. The zero-order chi connectivity index (χ0) is 15.8. The molecular formula is C16H19N3O2S. The number of rotatable bonds is 7.